The van der Waals surface area contributed by atoms with E-state index in [4.69, 9.17) is 9.15 Å². The molecule has 110 valence electrons. The molecular formula is C19H16O3. The van der Waals surface area contributed by atoms with Crippen molar-refractivity contribution < 1.29 is 9.15 Å². The van der Waals surface area contributed by atoms with Crippen LogP contribution in [0.3, 0.4) is 0 Å². The summed E-state index contributed by atoms with van der Waals surface area (Å²) in [6.07, 6.45) is 3.67. The number of fused-ring (bicyclic) bond motifs is 1. The molecule has 0 aliphatic carbocycles. The molecule has 0 spiro atoms. The molecule has 0 bridgehead atoms. The molecule has 0 fully saturated rings. The maximum Gasteiger partial charge on any atom is 0.343 e. The van der Waals surface area contributed by atoms with E-state index >= 15 is 0 Å². The lowest BCUT2D eigenvalue weighted by molar-refractivity contribution is 0.340. The van der Waals surface area contributed by atoms with Crippen LogP contribution in [-0.4, -0.2) is 6.61 Å². The SMILES string of the molecule is CCOc1ccc2cc(/C=C/c3ccccc3)c(=O)oc2c1. The summed E-state index contributed by atoms with van der Waals surface area (Å²) in [6.45, 7) is 2.49. The molecule has 22 heavy (non-hydrogen) atoms. The van der Waals surface area contributed by atoms with Gasteiger partial charge in [-0.2, -0.15) is 0 Å². The van der Waals surface area contributed by atoms with Gasteiger partial charge in [0.2, 0.25) is 0 Å². The van der Waals surface area contributed by atoms with Crippen molar-refractivity contribution in [3.8, 4) is 5.75 Å². The predicted molar refractivity (Wildman–Crippen MR) is 89.0 cm³/mol. The maximum absolute atomic E-state index is 12.1. The number of benzene rings is 2. The fourth-order valence-electron chi connectivity index (χ4n) is 2.23. The number of hydrogen-bond donors (Lipinski definition) is 0. The molecule has 1 aromatic heterocycles. The molecule has 2 aromatic carbocycles. The Morgan fingerprint density at radius 2 is 1.86 bits per heavy atom. The highest BCUT2D eigenvalue weighted by molar-refractivity contribution is 5.81. The summed E-state index contributed by atoms with van der Waals surface area (Å²) >= 11 is 0. The average molecular weight is 292 g/mol. The summed E-state index contributed by atoms with van der Waals surface area (Å²) in [5.74, 6) is 0.700. The zero-order chi connectivity index (χ0) is 15.4. The lowest BCUT2D eigenvalue weighted by Gasteiger charge is -2.04. The Hall–Kier alpha value is -2.81. The van der Waals surface area contributed by atoms with Gasteiger partial charge >= 0.3 is 5.63 Å². The third-order valence-corrected chi connectivity index (χ3v) is 3.30. The standard InChI is InChI=1S/C19H16O3/c1-2-21-17-11-10-15-12-16(19(20)22-18(15)13-17)9-8-14-6-4-3-5-7-14/h3-13H,2H2,1H3/b9-8+. The van der Waals surface area contributed by atoms with Gasteiger partial charge in [-0.15, -0.1) is 0 Å². The molecule has 0 unspecified atom stereocenters. The highest BCUT2D eigenvalue weighted by Crippen LogP contribution is 2.21. The van der Waals surface area contributed by atoms with Crippen LogP contribution in [0.1, 0.15) is 18.1 Å². The van der Waals surface area contributed by atoms with Gasteiger partial charge in [-0.05, 0) is 36.8 Å². The number of rotatable bonds is 4. The molecule has 0 amide bonds. The van der Waals surface area contributed by atoms with Crippen molar-refractivity contribution >= 4 is 23.1 Å². The third kappa shape index (κ3) is 3.09. The molecule has 0 saturated carbocycles. The molecule has 0 radical (unpaired) electrons. The van der Waals surface area contributed by atoms with Crippen LogP contribution in [0, 0.1) is 0 Å². The van der Waals surface area contributed by atoms with Gasteiger partial charge in [0.05, 0.1) is 12.2 Å². The molecule has 3 nitrogen and oxygen atoms in total. The zero-order valence-electron chi connectivity index (χ0n) is 12.3. The maximum atomic E-state index is 12.1. The van der Waals surface area contributed by atoms with Gasteiger partial charge < -0.3 is 9.15 Å². The van der Waals surface area contributed by atoms with Crippen LogP contribution in [0.25, 0.3) is 23.1 Å². The van der Waals surface area contributed by atoms with Crippen LogP contribution >= 0.6 is 0 Å². The minimum Gasteiger partial charge on any atom is -0.494 e. The van der Waals surface area contributed by atoms with E-state index in [1.807, 2.05) is 61.5 Å². The Balaban J connectivity index is 1.97. The van der Waals surface area contributed by atoms with Gasteiger partial charge in [0.15, 0.2) is 0 Å². The molecule has 0 aliphatic rings. The van der Waals surface area contributed by atoms with E-state index < -0.39 is 0 Å². The van der Waals surface area contributed by atoms with Crippen molar-refractivity contribution in [3.05, 3.63) is 76.1 Å². The molecular weight excluding hydrogens is 276 g/mol. The third-order valence-electron chi connectivity index (χ3n) is 3.30. The monoisotopic (exact) mass is 292 g/mol. The van der Waals surface area contributed by atoms with E-state index in [1.165, 1.54) is 0 Å². The van der Waals surface area contributed by atoms with Gasteiger partial charge in [0, 0.05) is 11.5 Å². The molecule has 0 atom stereocenters. The molecule has 3 aromatic rings. The summed E-state index contributed by atoms with van der Waals surface area (Å²) in [5.41, 5.74) is 1.75. The first-order valence-electron chi connectivity index (χ1n) is 7.20. The van der Waals surface area contributed by atoms with Crippen LogP contribution in [0.5, 0.6) is 5.75 Å². The van der Waals surface area contributed by atoms with Gasteiger partial charge in [-0.25, -0.2) is 4.79 Å². The summed E-state index contributed by atoms with van der Waals surface area (Å²) in [6, 6.07) is 17.2. The summed E-state index contributed by atoms with van der Waals surface area (Å²) in [5, 5.41) is 0.871. The Bertz CT molecular complexity index is 861. The molecule has 0 saturated heterocycles. The van der Waals surface area contributed by atoms with Crippen molar-refractivity contribution in [2.24, 2.45) is 0 Å². The van der Waals surface area contributed by atoms with Crippen LogP contribution < -0.4 is 10.4 Å². The lowest BCUT2D eigenvalue weighted by atomic mass is 10.1. The highest BCUT2D eigenvalue weighted by Gasteiger charge is 2.04. The fourth-order valence-corrected chi connectivity index (χ4v) is 2.23. The average Bonchev–Trinajstić information content (AvgIpc) is 2.54. The Morgan fingerprint density at radius 1 is 1.05 bits per heavy atom. The van der Waals surface area contributed by atoms with E-state index in [0.717, 1.165) is 10.9 Å². The Morgan fingerprint density at radius 3 is 2.64 bits per heavy atom. The first kappa shape index (κ1) is 14.1. The lowest BCUT2D eigenvalue weighted by Crippen LogP contribution is -2.02. The fraction of sp³-hybridized carbons (Fsp3) is 0.105. The van der Waals surface area contributed by atoms with Crippen molar-refractivity contribution in [1.29, 1.82) is 0 Å². The normalized spacial score (nSPS) is 11.1. The van der Waals surface area contributed by atoms with E-state index in [1.54, 1.807) is 12.1 Å². The first-order chi connectivity index (χ1) is 10.8. The summed E-state index contributed by atoms with van der Waals surface area (Å²) < 4.78 is 10.8. The van der Waals surface area contributed by atoms with Crippen LogP contribution in [0.4, 0.5) is 0 Å². The van der Waals surface area contributed by atoms with Gasteiger partial charge in [0.1, 0.15) is 11.3 Å². The summed E-state index contributed by atoms with van der Waals surface area (Å²) in [7, 11) is 0. The Kier molecular flexibility index (Phi) is 4.05. The van der Waals surface area contributed by atoms with Crippen molar-refractivity contribution in [2.75, 3.05) is 6.61 Å². The van der Waals surface area contributed by atoms with Gasteiger partial charge in [-0.3, -0.25) is 0 Å². The van der Waals surface area contributed by atoms with Gasteiger partial charge in [-0.1, -0.05) is 36.4 Å². The molecule has 0 N–H and O–H groups in total. The minimum absolute atomic E-state index is 0.353. The molecule has 0 aliphatic heterocycles. The second-order valence-corrected chi connectivity index (χ2v) is 4.87. The Labute approximate surface area is 128 Å². The van der Waals surface area contributed by atoms with E-state index in [9.17, 15) is 4.79 Å². The van der Waals surface area contributed by atoms with Crippen LogP contribution in [-0.2, 0) is 0 Å². The molecule has 3 rings (SSSR count). The molecule has 1 heterocycles. The van der Waals surface area contributed by atoms with Crippen LogP contribution in [0.2, 0.25) is 0 Å². The van der Waals surface area contributed by atoms with Crippen molar-refractivity contribution in [3.63, 3.8) is 0 Å². The summed E-state index contributed by atoms with van der Waals surface area (Å²) in [4.78, 5) is 12.1. The van der Waals surface area contributed by atoms with Crippen LogP contribution in [0.15, 0.2) is 63.8 Å². The topological polar surface area (TPSA) is 39.4 Å². The van der Waals surface area contributed by atoms with Gasteiger partial charge in [0.25, 0.3) is 0 Å². The van der Waals surface area contributed by atoms with E-state index in [2.05, 4.69) is 0 Å². The first-order valence-corrected chi connectivity index (χ1v) is 7.20. The minimum atomic E-state index is -0.353. The molecule has 3 heteroatoms. The second kappa shape index (κ2) is 6.31. The van der Waals surface area contributed by atoms with E-state index in [-0.39, 0.29) is 5.63 Å². The zero-order valence-corrected chi connectivity index (χ0v) is 12.3. The largest absolute Gasteiger partial charge is 0.494 e. The smallest absolute Gasteiger partial charge is 0.343 e. The van der Waals surface area contributed by atoms with Crippen molar-refractivity contribution in [2.45, 2.75) is 6.92 Å². The number of hydrogen-bond acceptors (Lipinski definition) is 3. The van der Waals surface area contributed by atoms with Crippen molar-refractivity contribution in [1.82, 2.24) is 0 Å². The quantitative estimate of drug-likeness (QED) is 0.671. The predicted octanol–water partition coefficient (Wildman–Crippen LogP) is 4.36. The number of ether oxygens (including phenoxy) is 1. The second-order valence-electron chi connectivity index (χ2n) is 4.87. The van der Waals surface area contributed by atoms with E-state index in [0.29, 0.717) is 23.5 Å². The highest BCUT2D eigenvalue weighted by atomic mass is 16.5.